The van der Waals surface area contributed by atoms with Crippen molar-refractivity contribution in [2.75, 3.05) is 51.3 Å². The van der Waals surface area contributed by atoms with Crippen molar-refractivity contribution in [3.8, 4) is 5.75 Å². The molecule has 5 rings (SSSR count). The van der Waals surface area contributed by atoms with Gasteiger partial charge in [0.2, 0.25) is 0 Å². The first-order valence-corrected chi connectivity index (χ1v) is 11.9. The summed E-state index contributed by atoms with van der Waals surface area (Å²) in [5.41, 5.74) is 1.23. The number of fused-ring (bicyclic) bond motifs is 1. The summed E-state index contributed by atoms with van der Waals surface area (Å²) < 4.78 is 6.98. The molecular weight excluding hydrogens is 390 g/mol. The van der Waals surface area contributed by atoms with Gasteiger partial charge in [-0.1, -0.05) is 30.3 Å². The average molecular weight is 422 g/mol. The highest BCUT2D eigenvalue weighted by Crippen LogP contribution is 2.30. The largest absolute Gasteiger partial charge is 0.495 e. The lowest BCUT2D eigenvalue weighted by Gasteiger charge is -2.44. The van der Waals surface area contributed by atoms with E-state index in [1.165, 1.54) is 46.6 Å². The lowest BCUT2D eigenvalue weighted by atomic mass is 10.0. The van der Waals surface area contributed by atoms with Gasteiger partial charge >= 0.3 is 0 Å². The fourth-order valence-corrected chi connectivity index (χ4v) is 6.13. The van der Waals surface area contributed by atoms with Crippen molar-refractivity contribution in [1.29, 1.82) is 0 Å². The van der Waals surface area contributed by atoms with Crippen molar-refractivity contribution in [1.82, 2.24) is 9.80 Å². The first kappa shape index (κ1) is 19.9. The van der Waals surface area contributed by atoms with Crippen LogP contribution < -0.4 is 9.64 Å². The van der Waals surface area contributed by atoms with E-state index < -0.39 is 0 Å². The van der Waals surface area contributed by atoms with Crippen LogP contribution in [0.1, 0.15) is 17.7 Å². The Labute approximate surface area is 183 Å². The molecule has 0 radical (unpaired) electrons. The second-order valence-electron chi connectivity index (χ2n) is 8.48. The quantitative estimate of drug-likeness (QED) is 0.594. The van der Waals surface area contributed by atoms with Crippen LogP contribution in [0.2, 0.25) is 0 Å². The molecule has 158 valence electrons. The molecule has 2 aromatic carbocycles. The molecule has 3 heterocycles. The number of piperazine rings is 1. The number of hydrogen-bond donors (Lipinski definition) is 0. The van der Waals surface area contributed by atoms with Gasteiger partial charge in [-0.25, -0.2) is 0 Å². The summed E-state index contributed by atoms with van der Waals surface area (Å²) in [6, 6.07) is 20.2. The monoisotopic (exact) mass is 421 g/mol. The first-order valence-electron chi connectivity index (χ1n) is 11.1. The summed E-state index contributed by atoms with van der Waals surface area (Å²) in [5.74, 6) is 0.984. The molecule has 3 aromatic rings. The predicted octanol–water partition coefficient (Wildman–Crippen LogP) is 4.70. The molecule has 2 fully saturated rings. The Bertz CT molecular complexity index is 946. The van der Waals surface area contributed by atoms with Crippen molar-refractivity contribution in [2.24, 2.45) is 0 Å². The second kappa shape index (κ2) is 8.96. The molecule has 0 N–H and O–H groups in total. The van der Waals surface area contributed by atoms with Gasteiger partial charge in [0.1, 0.15) is 5.75 Å². The third-order valence-electron chi connectivity index (χ3n) is 6.59. The topological polar surface area (TPSA) is 19.0 Å². The van der Waals surface area contributed by atoms with E-state index in [4.69, 9.17) is 4.74 Å². The maximum Gasteiger partial charge on any atom is 0.142 e. The molecule has 1 unspecified atom stereocenters. The summed E-state index contributed by atoms with van der Waals surface area (Å²) in [6.07, 6.45) is 2.64. The van der Waals surface area contributed by atoms with Crippen molar-refractivity contribution < 1.29 is 4.74 Å². The van der Waals surface area contributed by atoms with Gasteiger partial charge in [0, 0.05) is 54.9 Å². The fourth-order valence-electron chi connectivity index (χ4n) is 5.03. The van der Waals surface area contributed by atoms with Crippen molar-refractivity contribution in [2.45, 2.75) is 25.4 Å². The van der Waals surface area contributed by atoms with E-state index in [0.29, 0.717) is 6.04 Å². The van der Waals surface area contributed by atoms with Crippen LogP contribution in [0.4, 0.5) is 5.69 Å². The number of methoxy groups -OCH3 is 1. The molecule has 2 saturated heterocycles. The van der Waals surface area contributed by atoms with Gasteiger partial charge < -0.3 is 9.64 Å². The predicted molar refractivity (Wildman–Crippen MR) is 127 cm³/mol. The molecule has 2 aliphatic rings. The van der Waals surface area contributed by atoms with Crippen LogP contribution in [0.25, 0.3) is 10.1 Å². The summed E-state index contributed by atoms with van der Waals surface area (Å²) in [6.45, 7) is 7.95. The van der Waals surface area contributed by atoms with Crippen LogP contribution in [-0.2, 0) is 6.54 Å². The number of piperidine rings is 1. The number of ether oxygens (including phenoxy) is 1. The Morgan fingerprint density at radius 1 is 0.967 bits per heavy atom. The zero-order valence-corrected chi connectivity index (χ0v) is 18.6. The van der Waals surface area contributed by atoms with E-state index in [0.717, 1.165) is 38.5 Å². The molecule has 1 atom stereocenters. The molecule has 0 saturated carbocycles. The smallest absolute Gasteiger partial charge is 0.142 e. The number of nitrogens with zero attached hydrogens (tertiary/aromatic N) is 3. The van der Waals surface area contributed by atoms with Gasteiger partial charge in [-0.3, -0.25) is 9.80 Å². The van der Waals surface area contributed by atoms with Gasteiger partial charge in [-0.05, 0) is 49.0 Å². The highest BCUT2D eigenvalue weighted by atomic mass is 32.1. The number of rotatable bonds is 5. The Morgan fingerprint density at radius 3 is 2.60 bits per heavy atom. The number of para-hydroxylation sites is 2. The van der Waals surface area contributed by atoms with Gasteiger partial charge in [-0.2, -0.15) is 0 Å². The van der Waals surface area contributed by atoms with Crippen LogP contribution >= 0.6 is 11.3 Å². The van der Waals surface area contributed by atoms with E-state index in [2.05, 4.69) is 63.2 Å². The zero-order chi connectivity index (χ0) is 20.3. The lowest BCUT2D eigenvalue weighted by molar-refractivity contribution is 0.0892. The normalized spacial score (nSPS) is 21.2. The Morgan fingerprint density at radius 2 is 1.77 bits per heavy atom. The zero-order valence-electron chi connectivity index (χ0n) is 17.8. The third kappa shape index (κ3) is 4.20. The number of hydrogen-bond acceptors (Lipinski definition) is 5. The maximum absolute atomic E-state index is 5.57. The molecule has 4 nitrogen and oxygen atoms in total. The van der Waals surface area contributed by atoms with Crippen LogP contribution in [-0.4, -0.2) is 62.2 Å². The molecule has 0 aliphatic carbocycles. The molecule has 0 bridgehead atoms. The Balaban J connectivity index is 1.18. The molecule has 30 heavy (non-hydrogen) atoms. The van der Waals surface area contributed by atoms with Crippen molar-refractivity contribution in [3.63, 3.8) is 0 Å². The highest BCUT2D eigenvalue weighted by molar-refractivity contribution is 7.19. The van der Waals surface area contributed by atoms with E-state index in [1.807, 2.05) is 17.4 Å². The van der Waals surface area contributed by atoms with E-state index in [-0.39, 0.29) is 0 Å². The fraction of sp³-hybridized carbons (Fsp3) is 0.440. The van der Waals surface area contributed by atoms with Crippen molar-refractivity contribution in [3.05, 3.63) is 59.5 Å². The molecule has 0 spiro atoms. The maximum atomic E-state index is 5.57. The second-order valence-corrected chi connectivity index (χ2v) is 9.64. The number of likely N-dealkylation sites (tertiary alicyclic amines) is 1. The Hall–Kier alpha value is -2.08. The van der Waals surface area contributed by atoms with E-state index >= 15 is 0 Å². The minimum Gasteiger partial charge on any atom is -0.495 e. The van der Waals surface area contributed by atoms with Crippen LogP contribution in [0.15, 0.2) is 54.6 Å². The summed E-state index contributed by atoms with van der Waals surface area (Å²) >= 11 is 1.96. The van der Waals surface area contributed by atoms with Crippen LogP contribution in [0.5, 0.6) is 5.75 Å². The highest BCUT2D eigenvalue weighted by Gasteiger charge is 2.29. The van der Waals surface area contributed by atoms with Crippen LogP contribution in [0.3, 0.4) is 0 Å². The van der Waals surface area contributed by atoms with E-state index in [1.54, 1.807) is 7.11 Å². The molecule has 1 aromatic heterocycles. The minimum absolute atomic E-state index is 0.688. The third-order valence-corrected chi connectivity index (χ3v) is 7.69. The first-order chi connectivity index (χ1) is 14.8. The summed E-state index contributed by atoms with van der Waals surface area (Å²) in [7, 11) is 1.77. The van der Waals surface area contributed by atoms with E-state index in [9.17, 15) is 0 Å². The SMILES string of the molecule is COc1ccccc1N1CCN(C2CCCN(Cc3cc4ccccc4s3)C2)CC1. The number of anilines is 1. The average Bonchev–Trinajstić information content (AvgIpc) is 3.21. The van der Waals surface area contributed by atoms with Gasteiger partial charge in [0.25, 0.3) is 0 Å². The van der Waals surface area contributed by atoms with Gasteiger partial charge in [-0.15, -0.1) is 11.3 Å². The molecular formula is C25H31N3OS. The number of thiophene rings is 1. The Kier molecular flexibility index (Phi) is 5.93. The van der Waals surface area contributed by atoms with Crippen molar-refractivity contribution >= 4 is 27.1 Å². The standard InChI is InChI=1S/C25H31N3OS/c1-29-24-10-4-3-9-23(24)28-15-13-27(14-16-28)21-8-6-12-26(18-21)19-22-17-20-7-2-5-11-25(20)30-22/h2-5,7,9-11,17,21H,6,8,12-16,18-19H2,1H3. The van der Waals surface area contributed by atoms with Gasteiger partial charge in [0.15, 0.2) is 0 Å². The minimum atomic E-state index is 0.688. The van der Waals surface area contributed by atoms with Gasteiger partial charge in [0.05, 0.1) is 12.8 Å². The summed E-state index contributed by atoms with van der Waals surface area (Å²) in [5, 5.41) is 1.39. The summed E-state index contributed by atoms with van der Waals surface area (Å²) in [4.78, 5) is 9.37. The lowest BCUT2D eigenvalue weighted by Crippen LogP contribution is -2.55. The molecule has 0 amide bonds. The number of benzene rings is 2. The molecule has 5 heteroatoms. The van der Waals surface area contributed by atoms with Crippen LogP contribution in [0, 0.1) is 0 Å². The molecule has 2 aliphatic heterocycles.